The second kappa shape index (κ2) is 7.12. The molecule has 1 fully saturated rings. The monoisotopic (exact) mass is 343 g/mol. The van der Waals surface area contributed by atoms with Crippen molar-refractivity contribution in [2.24, 2.45) is 0 Å². The summed E-state index contributed by atoms with van der Waals surface area (Å²) >= 11 is 0. The second-order valence-corrected chi connectivity index (χ2v) is 5.96. The SMILES string of the molecule is Fc1ccc(-c2nnc(CN3CCOC(Cn4cccn4)C3)o2)cc1. The smallest absolute Gasteiger partial charge is 0.247 e. The summed E-state index contributed by atoms with van der Waals surface area (Å²) in [5, 5.41) is 12.4. The number of morpholine rings is 1. The fraction of sp³-hybridized carbons (Fsp3) is 0.353. The van der Waals surface area contributed by atoms with Crippen LogP contribution in [0.3, 0.4) is 0 Å². The van der Waals surface area contributed by atoms with Crippen LogP contribution < -0.4 is 0 Å². The third-order valence-corrected chi connectivity index (χ3v) is 4.09. The summed E-state index contributed by atoms with van der Waals surface area (Å²) in [4.78, 5) is 2.22. The molecule has 130 valence electrons. The van der Waals surface area contributed by atoms with E-state index in [9.17, 15) is 4.39 Å². The minimum atomic E-state index is -0.292. The molecular formula is C17H18FN5O2. The number of nitrogens with zero attached hydrogens (tertiary/aromatic N) is 5. The first-order valence-corrected chi connectivity index (χ1v) is 8.16. The van der Waals surface area contributed by atoms with Crippen molar-refractivity contribution in [1.29, 1.82) is 0 Å². The molecule has 1 aromatic carbocycles. The molecule has 0 N–H and O–H groups in total. The summed E-state index contributed by atoms with van der Waals surface area (Å²) in [6, 6.07) is 7.90. The summed E-state index contributed by atoms with van der Waals surface area (Å²) < 4.78 is 26.4. The molecule has 0 spiro atoms. The van der Waals surface area contributed by atoms with Gasteiger partial charge in [0, 0.05) is 31.0 Å². The van der Waals surface area contributed by atoms with E-state index in [-0.39, 0.29) is 11.9 Å². The highest BCUT2D eigenvalue weighted by Gasteiger charge is 2.23. The maximum atomic E-state index is 13.0. The number of ether oxygens (including phenoxy) is 1. The lowest BCUT2D eigenvalue weighted by atomic mass is 10.2. The summed E-state index contributed by atoms with van der Waals surface area (Å²) in [6.45, 7) is 3.52. The molecule has 25 heavy (non-hydrogen) atoms. The molecular weight excluding hydrogens is 325 g/mol. The normalized spacial score (nSPS) is 18.5. The van der Waals surface area contributed by atoms with Crippen molar-refractivity contribution in [2.45, 2.75) is 19.2 Å². The van der Waals surface area contributed by atoms with E-state index >= 15 is 0 Å². The largest absolute Gasteiger partial charge is 0.419 e. The van der Waals surface area contributed by atoms with Crippen molar-refractivity contribution in [1.82, 2.24) is 24.9 Å². The zero-order chi connectivity index (χ0) is 17.1. The van der Waals surface area contributed by atoms with Crippen molar-refractivity contribution in [3.63, 3.8) is 0 Å². The molecule has 7 nitrogen and oxygen atoms in total. The fourth-order valence-corrected chi connectivity index (χ4v) is 2.87. The summed E-state index contributed by atoms with van der Waals surface area (Å²) in [7, 11) is 0. The highest BCUT2D eigenvalue weighted by molar-refractivity contribution is 5.51. The van der Waals surface area contributed by atoms with Gasteiger partial charge in [-0.25, -0.2) is 4.39 Å². The quantitative estimate of drug-likeness (QED) is 0.705. The molecule has 1 unspecified atom stereocenters. The van der Waals surface area contributed by atoms with E-state index < -0.39 is 0 Å². The Hall–Kier alpha value is -2.58. The Morgan fingerprint density at radius 2 is 2.08 bits per heavy atom. The van der Waals surface area contributed by atoms with Crippen LogP contribution in [0.1, 0.15) is 5.89 Å². The van der Waals surface area contributed by atoms with Gasteiger partial charge >= 0.3 is 0 Å². The molecule has 2 aromatic heterocycles. The lowest BCUT2D eigenvalue weighted by Gasteiger charge is -2.31. The molecule has 4 rings (SSSR count). The van der Waals surface area contributed by atoms with Crippen LogP contribution >= 0.6 is 0 Å². The van der Waals surface area contributed by atoms with Crippen molar-refractivity contribution >= 4 is 0 Å². The van der Waals surface area contributed by atoms with E-state index in [0.29, 0.717) is 37.0 Å². The van der Waals surface area contributed by atoms with Crippen molar-refractivity contribution in [2.75, 3.05) is 19.7 Å². The van der Waals surface area contributed by atoms with Crippen LogP contribution in [0, 0.1) is 5.82 Å². The van der Waals surface area contributed by atoms with Gasteiger partial charge in [-0.1, -0.05) is 0 Å². The maximum absolute atomic E-state index is 13.0. The molecule has 0 aliphatic carbocycles. The molecule has 0 bridgehead atoms. The Labute approximate surface area is 144 Å². The fourth-order valence-electron chi connectivity index (χ4n) is 2.87. The molecule has 3 aromatic rings. The third-order valence-electron chi connectivity index (χ3n) is 4.09. The van der Waals surface area contributed by atoms with Gasteiger partial charge in [-0.3, -0.25) is 9.58 Å². The predicted octanol–water partition coefficient (Wildman–Crippen LogP) is 1.97. The Morgan fingerprint density at radius 1 is 1.20 bits per heavy atom. The van der Waals surface area contributed by atoms with Crippen molar-refractivity contribution in [3.05, 3.63) is 54.4 Å². The van der Waals surface area contributed by atoms with Gasteiger partial charge < -0.3 is 9.15 Å². The van der Waals surface area contributed by atoms with Crippen LogP contribution in [0.5, 0.6) is 0 Å². The Bertz CT molecular complexity index is 803. The molecule has 8 heteroatoms. The molecule has 1 aliphatic rings. The average molecular weight is 343 g/mol. The maximum Gasteiger partial charge on any atom is 0.247 e. The third kappa shape index (κ3) is 3.92. The Morgan fingerprint density at radius 3 is 2.88 bits per heavy atom. The number of rotatable bonds is 5. The van der Waals surface area contributed by atoms with Gasteiger partial charge in [0.05, 0.1) is 25.8 Å². The highest BCUT2D eigenvalue weighted by atomic mass is 19.1. The molecule has 1 aliphatic heterocycles. The van der Waals surface area contributed by atoms with Crippen LogP contribution in [0.15, 0.2) is 47.1 Å². The van der Waals surface area contributed by atoms with Gasteiger partial charge in [-0.15, -0.1) is 10.2 Å². The molecule has 0 amide bonds. The van der Waals surface area contributed by atoms with Crippen molar-refractivity contribution < 1.29 is 13.5 Å². The van der Waals surface area contributed by atoms with Gasteiger partial charge in [-0.05, 0) is 30.3 Å². The van der Waals surface area contributed by atoms with E-state index in [1.54, 1.807) is 18.3 Å². The van der Waals surface area contributed by atoms with E-state index in [0.717, 1.165) is 13.1 Å². The summed E-state index contributed by atoms with van der Waals surface area (Å²) in [5.74, 6) is 0.649. The Balaban J connectivity index is 1.37. The summed E-state index contributed by atoms with van der Waals surface area (Å²) in [5.41, 5.74) is 0.707. The zero-order valence-corrected chi connectivity index (χ0v) is 13.6. The molecule has 3 heterocycles. The first-order valence-electron chi connectivity index (χ1n) is 8.16. The lowest BCUT2D eigenvalue weighted by molar-refractivity contribution is -0.0422. The molecule has 1 saturated heterocycles. The van der Waals surface area contributed by atoms with Crippen LogP contribution in [0.4, 0.5) is 4.39 Å². The number of halogens is 1. The van der Waals surface area contributed by atoms with E-state index in [4.69, 9.17) is 9.15 Å². The van der Waals surface area contributed by atoms with Gasteiger partial charge in [-0.2, -0.15) is 5.10 Å². The first kappa shape index (κ1) is 15.9. The van der Waals surface area contributed by atoms with Gasteiger partial charge in [0.15, 0.2) is 0 Å². The second-order valence-electron chi connectivity index (χ2n) is 5.96. The minimum absolute atomic E-state index is 0.0770. The zero-order valence-electron chi connectivity index (χ0n) is 13.6. The van der Waals surface area contributed by atoms with Crippen molar-refractivity contribution in [3.8, 4) is 11.5 Å². The standard InChI is InChI=1S/C17H18FN5O2/c18-14-4-2-13(3-5-14)17-21-20-16(25-17)12-22-8-9-24-15(10-22)11-23-7-1-6-19-23/h1-7,15H,8-12H2. The molecule has 1 atom stereocenters. The molecule has 0 radical (unpaired) electrons. The predicted molar refractivity (Wildman–Crippen MR) is 86.9 cm³/mol. The van der Waals surface area contributed by atoms with Crippen LogP contribution in [-0.4, -0.2) is 50.7 Å². The minimum Gasteiger partial charge on any atom is -0.419 e. The van der Waals surface area contributed by atoms with E-state index in [1.165, 1.54) is 12.1 Å². The number of hydrogen-bond donors (Lipinski definition) is 0. The first-order chi connectivity index (χ1) is 12.3. The number of hydrogen-bond acceptors (Lipinski definition) is 6. The number of aromatic nitrogens is 4. The average Bonchev–Trinajstić information content (AvgIpc) is 3.28. The van der Waals surface area contributed by atoms with Crippen LogP contribution in [0.25, 0.3) is 11.5 Å². The van der Waals surface area contributed by atoms with Crippen LogP contribution in [0.2, 0.25) is 0 Å². The Kier molecular flexibility index (Phi) is 4.53. The number of benzene rings is 1. The van der Waals surface area contributed by atoms with Gasteiger partial charge in [0.1, 0.15) is 5.82 Å². The van der Waals surface area contributed by atoms with Crippen LogP contribution in [-0.2, 0) is 17.8 Å². The highest BCUT2D eigenvalue weighted by Crippen LogP contribution is 2.19. The van der Waals surface area contributed by atoms with Gasteiger partial charge in [0.25, 0.3) is 0 Å². The topological polar surface area (TPSA) is 69.2 Å². The summed E-state index contributed by atoms with van der Waals surface area (Å²) in [6.07, 6.45) is 3.76. The lowest BCUT2D eigenvalue weighted by Crippen LogP contribution is -2.43. The molecule has 0 saturated carbocycles. The van der Waals surface area contributed by atoms with Gasteiger partial charge in [0.2, 0.25) is 11.8 Å². The van der Waals surface area contributed by atoms with E-state index in [1.807, 2.05) is 16.9 Å². The van der Waals surface area contributed by atoms with E-state index in [2.05, 4.69) is 20.2 Å².